The molecule has 0 saturated carbocycles. The van der Waals surface area contributed by atoms with Crippen molar-refractivity contribution in [3.8, 4) is 5.88 Å². The Kier molecular flexibility index (Phi) is 5.58. The highest BCUT2D eigenvalue weighted by Crippen LogP contribution is 2.28. The summed E-state index contributed by atoms with van der Waals surface area (Å²) in [5, 5.41) is 0. The van der Waals surface area contributed by atoms with Crippen molar-refractivity contribution in [2.45, 2.75) is 44.9 Å². The Bertz CT molecular complexity index is 1020. The summed E-state index contributed by atoms with van der Waals surface area (Å²) in [5.41, 5.74) is 3.69. The molecule has 0 radical (unpaired) electrons. The van der Waals surface area contributed by atoms with Crippen molar-refractivity contribution >= 4 is 11.4 Å². The number of carbonyl (C=O) groups excluding carboxylic acids is 1. The summed E-state index contributed by atoms with van der Waals surface area (Å²) in [6, 6.07) is 5.57. The molecule has 0 spiro atoms. The van der Waals surface area contributed by atoms with Crippen LogP contribution in [0.2, 0.25) is 0 Å². The van der Waals surface area contributed by atoms with Crippen LogP contribution >= 0.6 is 0 Å². The minimum Gasteiger partial charge on any atom is -0.478 e. The number of imidazole rings is 1. The van der Waals surface area contributed by atoms with E-state index in [0.717, 1.165) is 37.4 Å². The molecule has 0 aliphatic carbocycles. The Morgan fingerprint density at radius 3 is 2.72 bits per heavy atom. The van der Waals surface area contributed by atoms with E-state index < -0.39 is 0 Å². The predicted molar refractivity (Wildman–Crippen MR) is 109 cm³/mol. The SMILES string of the molecule is COc1nc(CC(=O)c2cccc(C(C)C)n2)cn2cc(C3CCOCC3)nc12. The summed E-state index contributed by atoms with van der Waals surface area (Å²) < 4.78 is 12.8. The van der Waals surface area contributed by atoms with Crippen LogP contribution in [0.25, 0.3) is 5.65 Å². The third-order valence-electron chi connectivity index (χ3n) is 5.30. The lowest BCUT2D eigenvalue weighted by atomic mass is 9.97. The first-order valence-electron chi connectivity index (χ1n) is 10.1. The standard InChI is InChI=1S/C22H26N4O3/c1-14(2)17-5-4-6-18(24-17)20(27)11-16-12-26-13-19(15-7-9-29-10-8-15)25-21(26)22(23-16)28-3/h4-6,12-15H,7-11H2,1-3H3. The Labute approximate surface area is 170 Å². The van der Waals surface area contributed by atoms with E-state index in [2.05, 4.69) is 23.8 Å². The monoisotopic (exact) mass is 394 g/mol. The molecule has 3 aromatic rings. The molecule has 1 aliphatic heterocycles. The molecule has 0 atom stereocenters. The highest BCUT2D eigenvalue weighted by molar-refractivity contribution is 5.95. The molecule has 7 nitrogen and oxygen atoms in total. The van der Waals surface area contributed by atoms with Gasteiger partial charge in [0.1, 0.15) is 5.69 Å². The largest absolute Gasteiger partial charge is 0.478 e. The minimum absolute atomic E-state index is 0.0637. The number of rotatable bonds is 6. The maximum atomic E-state index is 12.8. The molecule has 3 aromatic heterocycles. The average Bonchev–Trinajstić information content (AvgIpc) is 3.18. The maximum absolute atomic E-state index is 12.8. The number of nitrogens with zero attached hydrogens (tertiary/aromatic N) is 4. The van der Waals surface area contributed by atoms with Gasteiger partial charge in [0.05, 0.1) is 24.9 Å². The molecule has 0 unspecified atom stereocenters. The second-order valence-corrected chi connectivity index (χ2v) is 7.73. The zero-order valence-electron chi connectivity index (χ0n) is 17.1. The van der Waals surface area contributed by atoms with Crippen molar-refractivity contribution in [1.29, 1.82) is 0 Å². The molecule has 1 fully saturated rings. The first-order valence-corrected chi connectivity index (χ1v) is 10.1. The predicted octanol–water partition coefficient (Wildman–Crippen LogP) is 3.58. The fraction of sp³-hybridized carbons (Fsp3) is 0.455. The Balaban J connectivity index is 1.62. The lowest BCUT2D eigenvalue weighted by Gasteiger charge is -2.19. The molecule has 4 rings (SSSR count). The van der Waals surface area contributed by atoms with Gasteiger partial charge >= 0.3 is 0 Å². The van der Waals surface area contributed by atoms with E-state index in [1.54, 1.807) is 13.2 Å². The van der Waals surface area contributed by atoms with Crippen molar-refractivity contribution in [3.05, 3.63) is 53.4 Å². The van der Waals surface area contributed by atoms with Crippen LogP contribution in [-0.4, -0.2) is 45.5 Å². The number of aromatic nitrogens is 4. The summed E-state index contributed by atoms with van der Waals surface area (Å²) in [4.78, 5) is 26.6. The third-order valence-corrected chi connectivity index (χ3v) is 5.30. The van der Waals surface area contributed by atoms with Gasteiger partial charge in [0.2, 0.25) is 5.65 Å². The zero-order chi connectivity index (χ0) is 20.4. The van der Waals surface area contributed by atoms with Crippen LogP contribution in [0.5, 0.6) is 5.88 Å². The van der Waals surface area contributed by atoms with Crippen molar-refractivity contribution in [2.75, 3.05) is 20.3 Å². The van der Waals surface area contributed by atoms with Crippen LogP contribution in [0.15, 0.2) is 30.6 Å². The molecule has 29 heavy (non-hydrogen) atoms. The summed E-state index contributed by atoms with van der Waals surface area (Å²) in [6.45, 7) is 5.64. The van der Waals surface area contributed by atoms with E-state index in [1.165, 1.54) is 0 Å². The van der Waals surface area contributed by atoms with E-state index >= 15 is 0 Å². The van der Waals surface area contributed by atoms with Gasteiger partial charge in [-0.15, -0.1) is 0 Å². The number of methoxy groups -OCH3 is 1. The van der Waals surface area contributed by atoms with E-state index in [4.69, 9.17) is 14.5 Å². The number of hydrogen-bond donors (Lipinski definition) is 0. The van der Waals surface area contributed by atoms with E-state index in [0.29, 0.717) is 28.8 Å². The zero-order valence-corrected chi connectivity index (χ0v) is 17.1. The number of Topliss-reactive ketones (excluding diaryl/α,β-unsaturated/α-hetero) is 1. The van der Waals surface area contributed by atoms with Gasteiger partial charge in [0, 0.05) is 37.2 Å². The van der Waals surface area contributed by atoms with Crippen molar-refractivity contribution in [1.82, 2.24) is 19.4 Å². The molecule has 1 aliphatic rings. The quantitative estimate of drug-likeness (QED) is 0.595. The fourth-order valence-corrected chi connectivity index (χ4v) is 3.63. The van der Waals surface area contributed by atoms with Gasteiger partial charge in [-0.25, -0.2) is 15.0 Å². The lowest BCUT2D eigenvalue weighted by molar-refractivity contribution is 0.0846. The molecular formula is C22H26N4O3. The maximum Gasteiger partial charge on any atom is 0.258 e. The highest BCUT2D eigenvalue weighted by atomic mass is 16.5. The van der Waals surface area contributed by atoms with Crippen molar-refractivity contribution in [2.24, 2.45) is 0 Å². The Hall–Kier alpha value is -2.80. The van der Waals surface area contributed by atoms with Crippen LogP contribution in [-0.2, 0) is 11.2 Å². The van der Waals surface area contributed by atoms with Gasteiger partial charge in [-0.2, -0.15) is 0 Å². The van der Waals surface area contributed by atoms with Crippen molar-refractivity contribution in [3.63, 3.8) is 0 Å². The summed E-state index contributed by atoms with van der Waals surface area (Å²) in [5.74, 6) is 1.01. The number of hydrogen-bond acceptors (Lipinski definition) is 6. The summed E-state index contributed by atoms with van der Waals surface area (Å²) in [6.07, 6.45) is 5.95. The van der Waals surface area contributed by atoms with Crippen LogP contribution < -0.4 is 4.74 Å². The summed E-state index contributed by atoms with van der Waals surface area (Å²) >= 11 is 0. The first-order chi connectivity index (χ1) is 14.0. The van der Waals surface area contributed by atoms with Crippen molar-refractivity contribution < 1.29 is 14.3 Å². The smallest absolute Gasteiger partial charge is 0.258 e. The number of fused-ring (bicyclic) bond motifs is 1. The molecule has 0 aromatic carbocycles. The van der Waals surface area contributed by atoms with E-state index in [9.17, 15) is 4.79 Å². The lowest BCUT2D eigenvalue weighted by Crippen LogP contribution is -2.14. The van der Waals surface area contributed by atoms with Gasteiger partial charge in [0.15, 0.2) is 5.78 Å². The average molecular weight is 394 g/mol. The van der Waals surface area contributed by atoms with Crippen LogP contribution in [0.3, 0.4) is 0 Å². The van der Waals surface area contributed by atoms with Gasteiger partial charge in [-0.1, -0.05) is 19.9 Å². The van der Waals surface area contributed by atoms with Crippen LogP contribution in [0, 0.1) is 0 Å². The Morgan fingerprint density at radius 1 is 1.21 bits per heavy atom. The third kappa shape index (κ3) is 4.15. The number of ether oxygens (including phenoxy) is 2. The molecule has 1 saturated heterocycles. The molecule has 152 valence electrons. The molecular weight excluding hydrogens is 368 g/mol. The van der Waals surface area contributed by atoms with Gasteiger partial charge in [-0.05, 0) is 30.9 Å². The molecule has 0 amide bonds. The molecule has 0 N–H and O–H groups in total. The minimum atomic E-state index is -0.0637. The van der Waals surface area contributed by atoms with Gasteiger partial charge in [0.25, 0.3) is 5.88 Å². The topological polar surface area (TPSA) is 78.6 Å². The second-order valence-electron chi connectivity index (χ2n) is 7.73. The van der Waals surface area contributed by atoms with E-state index in [-0.39, 0.29) is 18.1 Å². The molecule has 0 bridgehead atoms. The van der Waals surface area contributed by atoms with Gasteiger partial charge < -0.3 is 13.9 Å². The fourth-order valence-electron chi connectivity index (χ4n) is 3.63. The van der Waals surface area contributed by atoms with Crippen LogP contribution in [0.4, 0.5) is 0 Å². The normalized spacial score (nSPS) is 15.2. The highest BCUT2D eigenvalue weighted by Gasteiger charge is 2.21. The molecule has 4 heterocycles. The first kappa shape index (κ1) is 19.5. The molecule has 7 heteroatoms. The Morgan fingerprint density at radius 2 is 2.00 bits per heavy atom. The van der Waals surface area contributed by atoms with E-state index in [1.807, 2.05) is 28.9 Å². The number of pyridine rings is 1. The van der Waals surface area contributed by atoms with Crippen LogP contribution in [0.1, 0.15) is 66.1 Å². The number of carbonyl (C=O) groups is 1. The number of ketones is 1. The second kappa shape index (κ2) is 8.29. The summed E-state index contributed by atoms with van der Waals surface area (Å²) in [7, 11) is 1.57. The van der Waals surface area contributed by atoms with Gasteiger partial charge in [-0.3, -0.25) is 4.79 Å².